The Morgan fingerprint density at radius 1 is 0.917 bits per heavy atom. The molecule has 0 radical (unpaired) electrons. The minimum atomic E-state index is -3.53. The Labute approximate surface area is 143 Å². The molecule has 0 aliphatic carbocycles. The van der Waals surface area contributed by atoms with Crippen molar-refractivity contribution >= 4 is 33.5 Å². The molecule has 2 aromatic rings. The molecule has 24 heavy (non-hydrogen) atoms. The van der Waals surface area contributed by atoms with Crippen LogP contribution in [-0.4, -0.2) is 33.0 Å². The molecule has 2 aromatic carbocycles. The molecule has 0 aromatic heterocycles. The highest BCUT2D eigenvalue weighted by Gasteiger charge is 2.51. The quantitative estimate of drug-likeness (QED) is 0.630. The fourth-order valence-electron chi connectivity index (χ4n) is 2.59. The maximum Gasteiger partial charge on any atom is 0.494 e. The van der Waals surface area contributed by atoms with Crippen molar-refractivity contribution in [2.24, 2.45) is 0 Å². The molecule has 1 heterocycles. The monoisotopic (exact) mass is 348 g/mol. The van der Waals surface area contributed by atoms with Gasteiger partial charge in [-0.3, -0.25) is 0 Å². The van der Waals surface area contributed by atoms with Gasteiger partial charge in [-0.15, -0.1) is 0 Å². The third-order valence-electron chi connectivity index (χ3n) is 4.61. The Morgan fingerprint density at radius 2 is 1.46 bits per heavy atom. The number of fused-ring (bicyclic) bond motifs is 1. The Kier molecular flexibility index (Phi) is 3.94. The highest BCUT2D eigenvalue weighted by atomic mass is 32.2. The lowest BCUT2D eigenvalue weighted by Gasteiger charge is -2.32. The first-order chi connectivity index (χ1) is 11.0. The van der Waals surface area contributed by atoms with E-state index in [0.717, 1.165) is 22.5 Å². The summed E-state index contributed by atoms with van der Waals surface area (Å²) in [6.45, 7) is 8.07. The van der Waals surface area contributed by atoms with Crippen LogP contribution in [0, 0.1) is 0 Å². The molecule has 0 bridgehead atoms. The van der Waals surface area contributed by atoms with Crippen LogP contribution in [0.1, 0.15) is 27.7 Å². The average molecular weight is 348 g/mol. The zero-order chi connectivity index (χ0) is 17.8. The van der Waals surface area contributed by atoms with Crippen molar-refractivity contribution in [3.8, 4) is 5.75 Å². The van der Waals surface area contributed by atoms with Gasteiger partial charge in [0, 0.05) is 0 Å². The summed E-state index contributed by atoms with van der Waals surface area (Å²) in [5.41, 5.74) is 0.150. The predicted octanol–water partition coefficient (Wildman–Crippen LogP) is 2.48. The second-order valence-electron chi connectivity index (χ2n) is 7.14. The van der Waals surface area contributed by atoms with E-state index in [9.17, 15) is 8.42 Å². The van der Waals surface area contributed by atoms with Gasteiger partial charge in [-0.05, 0) is 56.1 Å². The minimum Gasteiger partial charge on any atom is -0.399 e. The van der Waals surface area contributed by atoms with Gasteiger partial charge in [0.25, 0.3) is 0 Å². The highest BCUT2D eigenvalue weighted by Crippen LogP contribution is 2.36. The maximum atomic E-state index is 11.2. The highest BCUT2D eigenvalue weighted by molar-refractivity contribution is 7.86. The van der Waals surface area contributed by atoms with E-state index in [1.807, 2.05) is 52.0 Å². The maximum absolute atomic E-state index is 11.2. The fraction of sp³-hybridized carbons (Fsp3) is 0.412. The summed E-state index contributed by atoms with van der Waals surface area (Å²) in [6, 6.07) is 11.0. The first kappa shape index (κ1) is 17.3. The lowest BCUT2D eigenvalue weighted by Crippen LogP contribution is -2.41. The summed E-state index contributed by atoms with van der Waals surface area (Å²) in [5, 5.41) is 1.85. The first-order valence-electron chi connectivity index (χ1n) is 7.76. The number of benzene rings is 2. The van der Waals surface area contributed by atoms with Crippen LogP contribution in [0.25, 0.3) is 10.8 Å². The smallest absolute Gasteiger partial charge is 0.399 e. The molecule has 1 saturated heterocycles. The van der Waals surface area contributed by atoms with Crippen LogP contribution in [0.4, 0.5) is 0 Å². The van der Waals surface area contributed by atoms with Crippen molar-refractivity contribution < 1.29 is 21.9 Å². The van der Waals surface area contributed by atoms with Gasteiger partial charge in [0.05, 0.1) is 17.5 Å². The molecule has 7 heteroatoms. The predicted molar refractivity (Wildman–Crippen MR) is 95.1 cm³/mol. The molecule has 3 rings (SSSR count). The van der Waals surface area contributed by atoms with Crippen LogP contribution < -0.4 is 9.65 Å². The van der Waals surface area contributed by atoms with E-state index in [0.29, 0.717) is 5.75 Å². The third kappa shape index (κ3) is 3.29. The lowest BCUT2D eigenvalue weighted by atomic mass is 9.78. The summed E-state index contributed by atoms with van der Waals surface area (Å²) in [7, 11) is -3.96. The van der Waals surface area contributed by atoms with Crippen molar-refractivity contribution in [1.82, 2.24) is 0 Å². The van der Waals surface area contributed by atoms with Crippen LogP contribution in [0.3, 0.4) is 0 Å². The van der Waals surface area contributed by atoms with Gasteiger partial charge in [-0.1, -0.05) is 24.3 Å². The number of rotatable bonds is 3. The van der Waals surface area contributed by atoms with Crippen molar-refractivity contribution in [3.05, 3.63) is 36.4 Å². The van der Waals surface area contributed by atoms with E-state index >= 15 is 0 Å². The summed E-state index contributed by atoms with van der Waals surface area (Å²) in [5.74, 6) is 0.299. The van der Waals surface area contributed by atoms with E-state index < -0.39 is 17.2 Å². The number of hydrogen-bond donors (Lipinski definition) is 0. The SMILES string of the molecule is CC1(C)OB(c2ccc3cc(OS(C)(=O)=O)ccc3c2)OC1(C)C. The molecule has 1 aliphatic heterocycles. The van der Waals surface area contributed by atoms with Crippen LogP contribution in [0.5, 0.6) is 5.75 Å². The van der Waals surface area contributed by atoms with Crippen molar-refractivity contribution in [1.29, 1.82) is 0 Å². The first-order valence-corrected chi connectivity index (χ1v) is 9.57. The summed E-state index contributed by atoms with van der Waals surface area (Å²) >= 11 is 0. The molecule has 128 valence electrons. The Bertz CT molecular complexity index is 873. The normalized spacial score (nSPS) is 19.6. The van der Waals surface area contributed by atoms with Crippen LogP contribution >= 0.6 is 0 Å². The molecule has 0 amide bonds. The number of hydrogen-bond acceptors (Lipinski definition) is 5. The van der Waals surface area contributed by atoms with Crippen LogP contribution in [0.15, 0.2) is 36.4 Å². The lowest BCUT2D eigenvalue weighted by molar-refractivity contribution is 0.00578. The fourth-order valence-corrected chi connectivity index (χ4v) is 3.05. The summed E-state index contributed by atoms with van der Waals surface area (Å²) in [6.07, 6.45) is 1.03. The Balaban J connectivity index is 1.92. The second-order valence-corrected chi connectivity index (χ2v) is 8.72. The Morgan fingerprint density at radius 3 is 2.04 bits per heavy atom. The zero-order valence-electron chi connectivity index (χ0n) is 14.5. The van der Waals surface area contributed by atoms with Gasteiger partial charge in [0.2, 0.25) is 0 Å². The van der Waals surface area contributed by atoms with Crippen molar-refractivity contribution in [2.75, 3.05) is 6.26 Å². The van der Waals surface area contributed by atoms with Crippen LogP contribution in [0.2, 0.25) is 0 Å². The topological polar surface area (TPSA) is 61.8 Å². The molecular weight excluding hydrogens is 327 g/mol. The van der Waals surface area contributed by atoms with E-state index in [1.165, 1.54) is 0 Å². The molecule has 0 spiro atoms. The molecule has 0 unspecified atom stereocenters. The minimum absolute atomic E-state index is 0.299. The van der Waals surface area contributed by atoms with Gasteiger partial charge < -0.3 is 13.5 Å². The van der Waals surface area contributed by atoms with Crippen LogP contribution in [-0.2, 0) is 19.4 Å². The van der Waals surface area contributed by atoms with Crippen molar-refractivity contribution in [2.45, 2.75) is 38.9 Å². The molecule has 0 N–H and O–H groups in total. The van der Waals surface area contributed by atoms with Gasteiger partial charge >= 0.3 is 17.2 Å². The summed E-state index contributed by atoms with van der Waals surface area (Å²) < 4.78 is 39.5. The molecular formula is C17H21BO5S. The molecule has 1 fully saturated rings. The van der Waals surface area contributed by atoms with Gasteiger partial charge in [0.1, 0.15) is 5.75 Å². The molecule has 5 nitrogen and oxygen atoms in total. The molecule has 1 aliphatic rings. The summed E-state index contributed by atoms with van der Waals surface area (Å²) in [4.78, 5) is 0. The molecule has 0 atom stereocenters. The standard InChI is InChI=1S/C17H21BO5S/c1-16(2)17(3,4)23-18(22-16)14-8-6-13-11-15(21-24(5,19)20)9-7-12(13)10-14/h6-11H,1-5H3. The average Bonchev–Trinajstić information content (AvgIpc) is 2.65. The van der Waals surface area contributed by atoms with E-state index in [2.05, 4.69) is 0 Å². The molecule has 0 saturated carbocycles. The van der Waals surface area contributed by atoms with Crippen molar-refractivity contribution in [3.63, 3.8) is 0 Å². The third-order valence-corrected chi connectivity index (χ3v) is 5.10. The van der Waals surface area contributed by atoms with Gasteiger partial charge in [-0.25, -0.2) is 0 Å². The van der Waals surface area contributed by atoms with Gasteiger partial charge in [-0.2, -0.15) is 8.42 Å². The van der Waals surface area contributed by atoms with E-state index in [4.69, 9.17) is 13.5 Å². The second kappa shape index (κ2) is 5.47. The zero-order valence-corrected chi connectivity index (χ0v) is 15.3. The van der Waals surface area contributed by atoms with Gasteiger partial charge in [0.15, 0.2) is 0 Å². The van der Waals surface area contributed by atoms with E-state index in [-0.39, 0.29) is 11.2 Å². The van der Waals surface area contributed by atoms with E-state index in [1.54, 1.807) is 12.1 Å². The largest absolute Gasteiger partial charge is 0.494 e. The Hall–Kier alpha value is -1.57.